The number of aliphatic hydroxyl groups is 1. The van der Waals surface area contributed by atoms with Gasteiger partial charge in [-0.3, -0.25) is 4.79 Å². The smallest absolute Gasteiger partial charge is 0.220 e. The van der Waals surface area contributed by atoms with E-state index < -0.39 is 0 Å². The van der Waals surface area contributed by atoms with Crippen molar-refractivity contribution in [2.45, 2.75) is 66.4 Å². The Bertz CT molecular complexity index is 219. The second kappa shape index (κ2) is 7.70. The summed E-state index contributed by atoms with van der Waals surface area (Å²) in [6, 6.07) is 0. The molecule has 0 rings (SSSR count). The van der Waals surface area contributed by atoms with Crippen LogP contribution in [0.4, 0.5) is 0 Å². The second-order valence-electron chi connectivity index (χ2n) is 6.41. The van der Waals surface area contributed by atoms with Crippen LogP contribution in [0.15, 0.2) is 0 Å². The zero-order chi connectivity index (χ0) is 13.5. The number of aliphatic hydroxyl groups excluding tert-OH is 1. The van der Waals surface area contributed by atoms with Crippen LogP contribution >= 0.6 is 0 Å². The minimum absolute atomic E-state index is 0.131. The highest BCUT2D eigenvalue weighted by atomic mass is 16.3. The van der Waals surface area contributed by atoms with Gasteiger partial charge in [0, 0.05) is 13.0 Å². The van der Waals surface area contributed by atoms with E-state index >= 15 is 0 Å². The normalized spacial score (nSPS) is 15.4. The van der Waals surface area contributed by atoms with Crippen molar-refractivity contribution >= 4 is 5.91 Å². The fourth-order valence-corrected chi connectivity index (χ4v) is 1.82. The third-order valence-corrected chi connectivity index (χ3v) is 2.72. The van der Waals surface area contributed by atoms with Crippen molar-refractivity contribution < 1.29 is 9.90 Å². The molecule has 0 aromatic heterocycles. The van der Waals surface area contributed by atoms with E-state index in [1.807, 2.05) is 6.92 Å². The molecule has 0 aromatic rings. The van der Waals surface area contributed by atoms with Gasteiger partial charge >= 0.3 is 0 Å². The zero-order valence-corrected chi connectivity index (χ0v) is 12.0. The SMILES string of the molecule is CC(O)CC(C)CNC(=O)CCCC(C)(C)C. The van der Waals surface area contributed by atoms with E-state index in [1.54, 1.807) is 6.92 Å². The third-order valence-electron chi connectivity index (χ3n) is 2.72. The van der Waals surface area contributed by atoms with Crippen LogP contribution in [0.1, 0.15) is 60.3 Å². The molecule has 17 heavy (non-hydrogen) atoms. The van der Waals surface area contributed by atoms with Gasteiger partial charge in [0.05, 0.1) is 6.10 Å². The minimum Gasteiger partial charge on any atom is -0.393 e. The maximum atomic E-state index is 11.5. The van der Waals surface area contributed by atoms with Crippen LogP contribution in [0.3, 0.4) is 0 Å². The lowest BCUT2D eigenvalue weighted by molar-refractivity contribution is -0.121. The summed E-state index contributed by atoms with van der Waals surface area (Å²) >= 11 is 0. The summed E-state index contributed by atoms with van der Waals surface area (Å²) in [5, 5.41) is 12.1. The summed E-state index contributed by atoms with van der Waals surface area (Å²) in [5.74, 6) is 0.466. The third kappa shape index (κ3) is 11.7. The van der Waals surface area contributed by atoms with Gasteiger partial charge in [0.1, 0.15) is 0 Å². The summed E-state index contributed by atoms with van der Waals surface area (Å²) in [6.45, 7) is 11.1. The van der Waals surface area contributed by atoms with E-state index in [-0.39, 0.29) is 12.0 Å². The van der Waals surface area contributed by atoms with Gasteiger partial charge in [-0.1, -0.05) is 27.7 Å². The number of rotatable bonds is 7. The number of amides is 1. The van der Waals surface area contributed by atoms with Gasteiger partial charge in [-0.15, -0.1) is 0 Å². The maximum Gasteiger partial charge on any atom is 0.220 e. The molecule has 0 fully saturated rings. The minimum atomic E-state index is -0.289. The molecule has 3 nitrogen and oxygen atoms in total. The second-order valence-corrected chi connectivity index (χ2v) is 6.41. The topological polar surface area (TPSA) is 49.3 Å². The largest absolute Gasteiger partial charge is 0.393 e. The first-order chi connectivity index (χ1) is 7.70. The van der Waals surface area contributed by atoms with E-state index in [1.165, 1.54) is 0 Å². The number of nitrogens with one attached hydrogen (secondary N) is 1. The molecule has 0 saturated carbocycles. The summed E-state index contributed by atoms with van der Waals surface area (Å²) < 4.78 is 0. The maximum absolute atomic E-state index is 11.5. The molecule has 0 saturated heterocycles. The number of hydrogen-bond donors (Lipinski definition) is 2. The van der Waals surface area contributed by atoms with Crippen LogP contribution in [0, 0.1) is 11.3 Å². The summed E-state index contributed by atoms with van der Waals surface area (Å²) in [4.78, 5) is 11.5. The van der Waals surface area contributed by atoms with Gasteiger partial charge in [0.2, 0.25) is 5.91 Å². The molecule has 0 aliphatic heterocycles. The van der Waals surface area contributed by atoms with Crippen LogP contribution in [-0.2, 0) is 4.79 Å². The molecule has 0 bridgehead atoms. The van der Waals surface area contributed by atoms with Crippen molar-refractivity contribution in [3.05, 3.63) is 0 Å². The first-order valence-electron chi connectivity index (χ1n) is 6.65. The Balaban J connectivity index is 3.60. The van der Waals surface area contributed by atoms with Crippen molar-refractivity contribution in [1.82, 2.24) is 5.32 Å². The Morgan fingerprint density at radius 1 is 1.29 bits per heavy atom. The molecular formula is C14H29NO2. The average Bonchev–Trinajstić information content (AvgIpc) is 2.11. The summed E-state index contributed by atoms with van der Waals surface area (Å²) in [7, 11) is 0. The highest BCUT2D eigenvalue weighted by Gasteiger charge is 2.12. The van der Waals surface area contributed by atoms with Crippen molar-refractivity contribution in [3.8, 4) is 0 Å². The van der Waals surface area contributed by atoms with Crippen molar-refractivity contribution in [1.29, 1.82) is 0 Å². The van der Waals surface area contributed by atoms with Crippen LogP contribution in [-0.4, -0.2) is 23.7 Å². The fraction of sp³-hybridized carbons (Fsp3) is 0.929. The molecule has 0 spiro atoms. The molecule has 0 aromatic carbocycles. The lowest BCUT2D eigenvalue weighted by Gasteiger charge is -2.18. The van der Waals surface area contributed by atoms with Crippen LogP contribution in [0.5, 0.6) is 0 Å². The standard InChI is InChI=1S/C14H29NO2/c1-11(9-12(2)16)10-15-13(17)7-6-8-14(3,4)5/h11-12,16H,6-10H2,1-5H3,(H,15,17). The van der Waals surface area contributed by atoms with Crippen LogP contribution in [0.2, 0.25) is 0 Å². The molecule has 3 heteroatoms. The van der Waals surface area contributed by atoms with Crippen molar-refractivity contribution in [2.75, 3.05) is 6.54 Å². The zero-order valence-electron chi connectivity index (χ0n) is 12.0. The molecule has 0 aliphatic carbocycles. The average molecular weight is 243 g/mol. The van der Waals surface area contributed by atoms with Gasteiger partial charge in [0.25, 0.3) is 0 Å². The lowest BCUT2D eigenvalue weighted by Crippen LogP contribution is -2.29. The highest BCUT2D eigenvalue weighted by molar-refractivity contribution is 5.75. The first kappa shape index (κ1) is 16.4. The Hall–Kier alpha value is -0.570. The van der Waals surface area contributed by atoms with E-state index in [0.717, 1.165) is 19.3 Å². The van der Waals surface area contributed by atoms with Crippen LogP contribution in [0.25, 0.3) is 0 Å². The molecule has 2 atom stereocenters. The number of carbonyl (C=O) groups excluding carboxylic acids is 1. The Morgan fingerprint density at radius 3 is 2.35 bits per heavy atom. The van der Waals surface area contributed by atoms with Gasteiger partial charge in [0.15, 0.2) is 0 Å². The predicted octanol–water partition coefficient (Wildman–Crippen LogP) is 2.73. The highest BCUT2D eigenvalue weighted by Crippen LogP contribution is 2.21. The summed E-state index contributed by atoms with van der Waals surface area (Å²) in [5.41, 5.74) is 0.305. The van der Waals surface area contributed by atoms with Gasteiger partial charge in [-0.25, -0.2) is 0 Å². The van der Waals surface area contributed by atoms with Crippen molar-refractivity contribution in [3.63, 3.8) is 0 Å². The van der Waals surface area contributed by atoms with E-state index in [0.29, 0.717) is 24.3 Å². The fourth-order valence-electron chi connectivity index (χ4n) is 1.82. The lowest BCUT2D eigenvalue weighted by atomic mass is 9.90. The van der Waals surface area contributed by atoms with Crippen LogP contribution < -0.4 is 5.32 Å². The number of carbonyl (C=O) groups is 1. The molecule has 0 radical (unpaired) electrons. The van der Waals surface area contributed by atoms with E-state index in [9.17, 15) is 9.90 Å². The summed E-state index contributed by atoms with van der Waals surface area (Å²) in [6.07, 6.45) is 3.08. The molecule has 0 heterocycles. The predicted molar refractivity (Wildman–Crippen MR) is 71.8 cm³/mol. The molecule has 0 aliphatic rings. The number of hydrogen-bond acceptors (Lipinski definition) is 2. The molecule has 1 amide bonds. The van der Waals surface area contributed by atoms with Gasteiger partial charge in [-0.2, -0.15) is 0 Å². The van der Waals surface area contributed by atoms with E-state index in [2.05, 4.69) is 26.1 Å². The first-order valence-corrected chi connectivity index (χ1v) is 6.65. The van der Waals surface area contributed by atoms with Gasteiger partial charge in [-0.05, 0) is 37.5 Å². The Labute approximate surface area is 106 Å². The van der Waals surface area contributed by atoms with Gasteiger partial charge < -0.3 is 10.4 Å². The quantitative estimate of drug-likeness (QED) is 0.722. The molecule has 2 N–H and O–H groups in total. The Kier molecular flexibility index (Phi) is 7.44. The van der Waals surface area contributed by atoms with Crippen molar-refractivity contribution in [2.24, 2.45) is 11.3 Å². The monoisotopic (exact) mass is 243 g/mol. The molecule has 102 valence electrons. The molecule has 2 unspecified atom stereocenters. The Morgan fingerprint density at radius 2 is 1.88 bits per heavy atom. The van der Waals surface area contributed by atoms with E-state index in [4.69, 9.17) is 0 Å². The molecular weight excluding hydrogens is 214 g/mol.